The average molecular weight is 185 g/mol. The molecule has 1 aliphatic carbocycles. The summed E-state index contributed by atoms with van der Waals surface area (Å²) in [5.74, 6) is 0.736. The van der Waals surface area contributed by atoms with E-state index in [4.69, 9.17) is 4.74 Å². The fourth-order valence-electron chi connectivity index (χ4n) is 1.22. The number of ether oxygens (including phenoxy) is 1. The predicted molar refractivity (Wildman–Crippen MR) is 51.6 cm³/mol. The van der Waals surface area contributed by atoms with Gasteiger partial charge >= 0.3 is 6.09 Å². The van der Waals surface area contributed by atoms with E-state index in [1.54, 1.807) is 4.90 Å². The molecule has 0 N–H and O–H groups in total. The van der Waals surface area contributed by atoms with Crippen LogP contribution in [0.4, 0.5) is 4.79 Å². The summed E-state index contributed by atoms with van der Waals surface area (Å²) in [4.78, 5) is 13.2. The van der Waals surface area contributed by atoms with Gasteiger partial charge in [-0.05, 0) is 39.5 Å². The molecule has 1 aliphatic rings. The van der Waals surface area contributed by atoms with Crippen LogP contribution in [0.15, 0.2) is 0 Å². The molecule has 0 aromatic rings. The van der Waals surface area contributed by atoms with E-state index >= 15 is 0 Å². The molecule has 3 heteroatoms. The lowest BCUT2D eigenvalue weighted by Crippen LogP contribution is -2.34. The Hall–Kier alpha value is -0.730. The lowest BCUT2D eigenvalue weighted by Gasteiger charge is -2.21. The first-order valence-electron chi connectivity index (χ1n) is 5.09. The van der Waals surface area contributed by atoms with E-state index in [0.717, 1.165) is 19.0 Å². The Balaban J connectivity index is 2.30. The summed E-state index contributed by atoms with van der Waals surface area (Å²) in [5, 5.41) is 0. The molecule has 0 heterocycles. The molecule has 76 valence electrons. The smallest absolute Gasteiger partial charge is 0.410 e. The molecule has 0 bridgehead atoms. The van der Waals surface area contributed by atoms with Gasteiger partial charge < -0.3 is 9.64 Å². The van der Waals surface area contributed by atoms with Crippen LogP contribution in [0.25, 0.3) is 0 Å². The first-order chi connectivity index (χ1) is 6.13. The third-order valence-electron chi connectivity index (χ3n) is 2.15. The SMILES string of the molecule is CCN(CC1CC1)C(=O)OC(C)C. The maximum atomic E-state index is 11.5. The van der Waals surface area contributed by atoms with Gasteiger partial charge in [0.2, 0.25) is 0 Å². The first kappa shape index (κ1) is 10.4. The van der Waals surface area contributed by atoms with Crippen molar-refractivity contribution in [1.82, 2.24) is 4.90 Å². The van der Waals surface area contributed by atoms with E-state index in [0.29, 0.717) is 0 Å². The van der Waals surface area contributed by atoms with Gasteiger partial charge in [0.25, 0.3) is 0 Å². The van der Waals surface area contributed by atoms with Crippen molar-refractivity contribution in [3.05, 3.63) is 0 Å². The molecule has 0 spiro atoms. The number of hydrogen-bond donors (Lipinski definition) is 0. The van der Waals surface area contributed by atoms with Gasteiger partial charge in [-0.25, -0.2) is 4.79 Å². The van der Waals surface area contributed by atoms with E-state index < -0.39 is 0 Å². The monoisotopic (exact) mass is 185 g/mol. The maximum Gasteiger partial charge on any atom is 0.410 e. The highest BCUT2D eigenvalue weighted by molar-refractivity contribution is 5.67. The van der Waals surface area contributed by atoms with Crippen molar-refractivity contribution in [3.8, 4) is 0 Å². The second kappa shape index (κ2) is 4.49. The van der Waals surface area contributed by atoms with Crippen LogP contribution in [-0.2, 0) is 4.74 Å². The zero-order chi connectivity index (χ0) is 9.84. The summed E-state index contributed by atoms with van der Waals surface area (Å²) in [7, 11) is 0. The minimum absolute atomic E-state index is 0.0132. The second-order valence-electron chi connectivity index (χ2n) is 3.91. The zero-order valence-electron chi connectivity index (χ0n) is 8.75. The Labute approximate surface area is 80.1 Å². The normalized spacial score (nSPS) is 16.0. The van der Waals surface area contributed by atoms with Crippen LogP contribution in [0.5, 0.6) is 0 Å². The van der Waals surface area contributed by atoms with Crippen molar-refractivity contribution in [2.75, 3.05) is 13.1 Å². The van der Waals surface area contributed by atoms with Gasteiger partial charge in [-0.15, -0.1) is 0 Å². The number of hydrogen-bond acceptors (Lipinski definition) is 2. The lowest BCUT2D eigenvalue weighted by atomic mass is 10.4. The van der Waals surface area contributed by atoms with E-state index in [1.165, 1.54) is 12.8 Å². The van der Waals surface area contributed by atoms with Crippen LogP contribution in [0.3, 0.4) is 0 Å². The third kappa shape index (κ3) is 3.66. The van der Waals surface area contributed by atoms with Gasteiger partial charge in [0.05, 0.1) is 6.10 Å². The number of carbonyl (C=O) groups excluding carboxylic acids is 1. The molecule has 0 aromatic carbocycles. The number of rotatable bonds is 4. The summed E-state index contributed by atoms with van der Waals surface area (Å²) in [6, 6.07) is 0. The minimum atomic E-state index is -0.163. The van der Waals surface area contributed by atoms with Gasteiger partial charge in [-0.3, -0.25) is 0 Å². The molecule has 1 rings (SSSR count). The van der Waals surface area contributed by atoms with Gasteiger partial charge in [-0.1, -0.05) is 0 Å². The second-order valence-corrected chi connectivity index (χ2v) is 3.91. The van der Waals surface area contributed by atoms with Gasteiger partial charge in [-0.2, -0.15) is 0 Å². The summed E-state index contributed by atoms with van der Waals surface area (Å²) >= 11 is 0. The van der Waals surface area contributed by atoms with E-state index in [2.05, 4.69) is 0 Å². The quantitative estimate of drug-likeness (QED) is 0.672. The van der Waals surface area contributed by atoms with E-state index in [1.807, 2.05) is 20.8 Å². The maximum absolute atomic E-state index is 11.5. The Morgan fingerprint density at radius 2 is 2.15 bits per heavy atom. The molecule has 0 saturated heterocycles. The van der Waals surface area contributed by atoms with Crippen LogP contribution in [0.2, 0.25) is 0 Å². The van der Waals surface area contributed by atoms with Gasteiger partial charge in [0, 0.05) is 13.1 Å². The minimum Gasteiger partial charge on any atom is -0.447 e. The van der Waals surface area contributed by atoms with Gasteiger partial charge in [0.1, 0.15) is 0 Å². The zero-order valence-corrected chi connectivity index (χ0v) is 8.75. The summed E-state index contributed by atoms with van der Waals surface area (Å²) < 4.78 is 5.12. The van der Waals surface area contributed by atoms with Crippen molar-refractivity contribution in [2.45, 2.75) is 39.7 Å². The molecule has 13 heavy (non-hydrogen) atoms. The Kier molecular flexibility index (Phi) is 3.58. The fourth-order valence-corrected chi connectivity index (χ4v) is 1.22. The standard InChI is InChI=1S/C10H19NO2/c1-4-11(7-9-5-6-9)10(12)13-8(2)3/h8-9H,4-7H2,1-3H3. The molecule has 1 fully saturated rings. The highest BCUT2D eigenvalue weighted by Crippen LogP contribution is 2.29. The van der Waals surface area contributed by atoms with Crippen molar-refractivity contribution in [1.29, 1.82) is 0 Å². The number of amides is 1. The van der Waals surface area contributed by atoms with Crippen LogP contribution in [0.1, 0.15) is 33.6 Å². The van der Waals surface area contributed by atoms with Crippen LogP contribution in [-0.4, -0.2) is 30.2 Å². The largest absolute Gasteiger partial charge is 0.447 e. The molecular formula is C10H19NO2. The van der Waals surface area contributed by atoms with Crippen molar-refractivity contribution < 1.29 is 9.53 Å². The molecule has 0 aromatic heterocycles. The average Bonchev–Trinajstić information content (AvgIpc) is 2.81. The third-order valence-corrected chi connectivity index (χ3v) is 2.15. The van der Waals surface area contributed by atoms with Gasteiger partial charge in [0.15, 0.2) is 0 Å². The molecule has 1 amide bonds. The molecule has 1 saturated carbocycles. The first-order valence-corrected chi connectivity index (χ1v) is 5.09. The van der Waals surface area contributed by atoms with E-state index in [-0.39, 0.29) is 12.2 Å². The topological polar surface area (TPSA) is 29.5 Å². The van der Waals surface area contributed by atoms with Crippen LogP contribution in [0, 0.1) is 5.92 Å². The molecule has 0 aliphatic heterocycles. The Morgan fingerprint density at radius 1 is 1.54 bits per heavy atom. The summed E-state index contributed by atoms with van der Waals surface area (Å²) in [6.45, 7) is 7.37. The highest BCUT2D eigenvalue weighted by Gasteiger charge is 2.26. The fraction of sp³-hybridized carbons (Fsp3) is 0.900. The van der Waals surface area contributed by atoms with E-state index in [9.17, 15) is 4.79 Å². The molecule has 0 radical (unpaired) electrons. The predicted octanol–water partition coefficient (Wildman–Crippen LogP) is 2.26. The number of nitrogens with zero attached hydrogens (tertiary/aromatic N) is 1. The Bertz CT molecular complexity index is 176. The summed E-state index contributed by atoms with van der Waals surface area (Å²) in [5.41, 5.74) is 0. The molecular weight excluding hydrogens is 166 g/mol. The molecule has 3 nitrogen and oxygen atoms in total. The van der Waals surface area contributed by atoms with Crippen LogP contribution >= 0.6 is 0 Å². The summed E-state index contributed by atoms with van der Waals surface area (Å²) in [6.07, 6.45) is 2.36. The lowest BCUT2D eigenvalue weighted by molar-refractivity contribution is 0.0770. The Morgan fingerprint density at radius 3 is 2.54 bits per heavy atom. The molecule has 0 unspecified atom stereocenters. The van der Waals surface area contributed by atoms with Crippen molar-refractivity contribution >= 4 is 6.09 Å². The number of carbonyl (C=O) groups is 1. The van der Waals surface area contributed by atoms with Crippen molar-refractivity contribution in [3.63, 3.8) is 0 Å². The van der Waals surface area contributed by atoms with Crippen LogP contribution < -0.4 is 0 Å². The molecule has 0 atom stereocenters. The highest BCUT2D eigenvalue weighted by atomic mass is 16.6. The van der Waals surface area contributed by atoms with Crippen molar-refractivity contribution in [2.24, 2.45) is 5.92 Å².